The SMILES string of the molecule is Clc1ccccc1-c1ccc(-c2nn[nH]n2)o1. The summed E-state index contributed by atoms with van der Waals surface area (Å²) in [4.78, 5) is 0. The van der Waals surface area contributed by atoms with Gasteiger partial charge in [-0.1, -0.05) is 23.7 Å². The molecule has 0 amide bonds. The van der Waals surface area contributed by atoms with E-state index in [0.717, 1.165) is 5.56 Å². The van der Waals surface area contributed by atoms with Crippen molar-refractivity contribution < 1.29 is 4.42 Å². The third kappa shape index (κ3) is 1.81. The Bertz CT molecular complexity index is 632. The van der Waals surface area contributed by atoms with E-state index in [4.69, 9.17) is 16.0 Å². The molecule has 1 aromatic carbocycles. The summed E-state index contributed by atoms with van der Waals surface area (Å²) in [6.07, 6.45) is 0. The van der Waals surface area contributed by atoms with Crippen molar-refractivity contribution in [2.75, 3.05) is 0 Å². The molecule has 0 spiro atoms. The van der Waals surface area contributed by atoms with Crippen molar-refractivity contribution in [3.05, 3.63) is 41.4 Å². The summed E-state index contributed by atoms with van der Waals surface area (Å²) in [6.45, 7) is 0. The molecule has 0 saturated carbocycles. The van der Waals surface area contributed by atoms with Gasteiger partial charge in [0.15, 0.2) is 5.76 Å². The Kier molecular flexibility index (Phi) is 2.38. The first kappa shape index (κ1) is 10.0. The van der Waals surface area contributed by atoms with Crippen molar-refractivity contribution in [1.29, 1.82) is 0 Å². The zero-order chi connectivity index (χ0) is 11.7. The Balaban J connectivity index is 2.04. The molecule has 3 aromatic rings. The van der Waals surface area contributed by atoms with Crippen LogP contribution in [-0.2, 0) is 0 Å². The van der Waals surface area contributed by atoms with E-state index in [9.17, 15) is 0 Å². The Morgan fingerprint density at radius 3 is 2.65 bits per heavy atom. The minimum absolute atomic E-state index is 0.420. The van der Waals surface area contributed by atoms with Gasteiger partial charge in [0.25, 0.3) is 0 Å². The first-order valence-electron chi connectivity index (χ1n) is 4.93. The van der Waals surface area contributed by atoms with E-state index >= 15 is 0 Å². The highest BCUT2D eigenvalue weighted by molar-refractivity contribution is 6.33. The van der Waals surface area contributed by atoms with Crippen LogP contribution in [-0.4, -0.2) is 20.6 Å². The molecule has 0 atom stereocenters. The van der Waals surface area contributed by atoms with Crippen LogP contribution < -0.4 is 0 Å². The summed E-state index contributed by atoms with van der Waals surface area (Å²) in [6, 6.07) is 11.1. The van der Waals surface area contributed by atoms with Crippen LogP contribution in [0.25, 0.3) is 22.9 Å². The summed E-state index contributed by atoms with van der Waals surface area (Å²) in [5, 5.41) is 14.2. The zero-order valence-electron chi connectivity index (χ0n) is 8.59. The van der Waals surface area contributed by atoms with Crippen LogP contribution in [0.15, 0.2) is 40.8 Å². The molecule has 2 aromatic heterocycles. The predicted molar refractivity (Wildman–Crippen MR) is 62.3 cm³/mol. The summed E-state index contributed by atoms with van der Waals surface area (Å²) in [5.41, 5.74) is 0.837. The summed E-state index contributed by atoms with van der Waals surface area (Å²) >= 11 is 6.08. The average molecular weight is 247 g/mol. The van der Waals surface area contributed by atoms with Crippen molar-refractivity contribution in [3.8, 4) is 22.9 Å². The first-order chi connectivity index (χ1) is 8.34. The van der Waals surface area contributed by atoms with Gasteiger partial charge in [-0.25, -0.2) is 0 Å². The summed E-state index contributed by atoms with van der Waals surface area (Å²) < 4.78 is 5.63. The van der Waals surface area contributed by atoms with Crippen LogP contribution >= 0.6 is 11.6 Å². The normalized spacial score (nSPS) is 10.6. The van der Waals surface area contributed by atoms with Crippen LogP contribution in [0.2, 0.25) is 5.02 Å². The van der Waals surface area contributed by atoms with Gasteiger partial charge in [-0.15, -0.1) is 10.2 Å². The largest absolute Gasteiger partial charge is 0.453 e. The lowest BCUT2D eigenvalue weighted by atomic mass is 10.2. The molecule has 6 heteroatoms. The molecule has 0 radical (unpaired) electrons. The Morgan fingerprint density at radius 2 is 1.88 bits per heavy atom. The average Bonchev–Trinajstić information content (AvgIpc) is 3.00. The van der Waals surface area contributed by atoms with Crippen LogP contribution in [0.1, 0.15) is 0 Å². The Labute approximate surface area is 101 Å². The van der Waals surface area contributed by atoms with Crippen molar-refractivity contribution >= 4 is 11.6 Å². The molecular formula is C11H7ClN4O. The van der Waals surface area contributed by atoms with Crippen molar-refractivity contribution in [2.24, 2.45) is 0 Å². The number of rotatable bonds is 2. The van der Waals surface area contributed by atoms with Crippen molar-refractivity contribution in [2.45, 2.75) is 0 Å². The second kappa shape index (κ2) is 4.03. The molecule has 17 heavy (non-hydrogen) atoms. The van der Waals surface area contributed by atoms with Crippen LogP contribution in [0.3, 0.4) is 0 Å². The van der Waals surface area contributed by atoms with Crippen molar-refractivity contribution in [1.82, 2.24) is 20.6 Å². The number of tetrazole rings is 1. The minimum atomic E-state index is 0.420. The van der Waals surface area contributed by atoms with Crippen LogP contribution in [0.4, 0.5) is 0 Å². The van der Waals surface area contributed by atoms with Gasteiger partial charge in [0.1, 0.15) is 5.76 Å². The maximum Gasteiger partial charge on any atom is 0.239 e. The van der Waals surface area contributed by atoms with Crippen LogP contribution in [0, 0.1) is 0 Å². The fourth-order valence-electron chi connectivity index (χ4n) is 1.53. The number of benzene rings is 1. The number of hydrogen-bond acceptors (Lipinski definition) is 4. The minimum Gasteiger partial charge on any atom is -0.453 e. The maximum absolute atomic E-state index is 6.08. The lowest BCUT2D eigenvalue weighted by molar-refractivity contribution is 0.592. The standard InChI is InChI=1S/C11H7ClN4O/c12-8-4-2-1-3-7(8)9-5-6-10(17-9)11-13-15-16-14-11/h1-6H,(H,13,14,15,16). The molecule has 0 bridgehead atoms. The number of aromatic nitrogens is 4. The molecule has 0 aliphatic carbocycles. The summed E-state index contributed by atoms with van der Waals surface area (Å²) in [7, 11) is 0. The maximum atomic E-state index is 6.08. The molecule has 0 fully saturated rings. The second-order valence-electron chi connectivity index (χ2n) is 3.38. The number of H-pyrrole nitrogens is 1. The smallest absolute Gasteiger partial charge is 0.239 e. The van der Waals surface area contributed by atoms with Crippen LogP contribution in [0.5, 0.6) is 0 Å². The molecule has 3 rings (SSSR count). The van der Waals surface area contributed by atoms with Gasteiger partial charge in [-0.3, -0.25) is 0 Å². The predicted octanol–water partition coefficient (Wildman–Crippen LogP) is 2.78. The van der Waals surface area contributed by atoms with Gasteiger partial charge < -0.3 is 4.42 Å². The highest BCUT2D eigenvalue weighted by Gasteiger charge is 2.11. The van der Waals surface area contributed by atoms with E-state index in [2.05, 4.69) is 20.6 Å². The number of nitrogens with one attached hydrogen (secondary N) is 1. The van der Waals surface area contributed by atoms with E-state index in [1.165, 1.54) is 0 Å². The summed E-state index contributed by atoms with van der Waals surface area (Å²) in [5.74, 6) is 1.65. The third-order valence-corrected chi connectivity index (χ3v) is 2.64. The highest BCUT2D eigenvalue weighted by Crippen LogP contribution is 2.31. The number of halogens is 1. The third-order valence-electron chi connectivity index (χ3n) is 2.31. The number of aromatic amines is 1. The van der Waals surface area contributed by atoms with Gasteiger partial charge in [0.05, 0.1) is 5.02 Å². The fraction of sp³-hybridized carbons (Fsp3) is 0. The van der Waals surface area contributed by atoms with Gasteiger partial charge in [-0.2, -0.15) is 5.21 Å². The molecule has 2 heterocycles. The quantitative estimate of drug-likeness (QED) is 0.755. The molecule has 0 aliphatic heterocycles. The molecule has 1 N–H and O–H groups in total. The van der Waals surface area contributed by atoms with Gasteiger partial charge in [0, 0.05) is 5.56 Å². The molecule has 0 saturated heterocycles. The highest BCUT2D eigenvalue weighted by atomic mass is 35.5. The molecule has 5 nitrogen and oxygen atoms in total. The first-order valence-corrected chi connectivity index (χ1v) is 5.31. The van der Waals surface area contributed by atoms with Gasteiger partial charge in [0.2, 0.25) is 5.82 Å². The van der Waals surface area contributed by atoms with Gasteiger partial charge in [-0.05, 0) is 29.5 Å². The van der Waals surface area contributed by atoms with E-state index in [-0.39, 0.29) is 0 Å². The lowest BCUT2D eigenvalue weighted by Gasteiger charge is -1.98. The zero-order valence-corrected chi connectivity index (χ0v) is 9.35. The molecular weight excluding hydrogens is 240 g/mol. The number of nitrogens with zero attached hydrogens (tertiary/aromatic N) is 3. The molecule has 0 aliphatic rings. The second-order valence-corrected chi connectivity index (χ2v) is 3.79. The van der Waals surface area contributed by atoms with E-state index in [1.807, 2.05) is 30.3 Å². The topological polar surface area (TPSA) is 67.6 Å². The molecule has 84 valence electrons. The Morgan fingerprint density at radius 1 is 1.06 bits per heavy atom. The van der Waals surface area contributed by atoms with E-state index < -0.39 is 0 Å². The monoisotopic (exact) mass is 246 g/mol. The number of furan rings is 1. The van der Waals surface area contributed by atoms with E-state index in [1.54, 1.807) is 6.07 Å². The van der Waals surface area contributed by atoms with E-state index in [0.29, 0.717) is 22.4 Å². The fourth-order valence-corrected chi connectivity index (χ4v) is 1.76. The van der Waals surface area contributed by atoms with Gasteiger partial charge >= 0.3 is 0 Å². The number of hydrogen-bond donors (Lipinski definition) is 1. The lowest BCUT2D eigenvalue weighted by Crippen LogP contribution is -1.77. The molecule has 0 unspecified atom stereocenters. The van der Waals surface area contributed by atoms with Crippen molar-refractivity contribution in [3.63, 3.8) is 0 Å². The Hall–Kier alpha value is -2.14.